The number of Topliss-reactive ketones (excluding diaryl/α,β-unsaturated/α-hetero) is 1. The molecular weight excluding hydrogens is 395 g/mol. The number of ketones is 1. The zero-order valence-electron chi connectivity index (χ0n) is 15.0. The van der Waals surface area contributed by atoms with Gasteiger partial charge >= 0.3 is 0 Å². The van der Waals surface area contributed by atoms with Gasteiger partial charge in [0.1, 0.15) is 18.1 Å². The Morgan fingerprint density at radius 2 is 1.71 bits per heavy atom. The standard InChI is InChI=1S/C23H16Cl2O3/c1-14-10-16(27-13-15-6-3-2-4-7-15)11-20-22(14)23(26)21(28-20)12-17-18(24)8-5-9-19(17)25/h2-12H,13H2,1H3/b21-12-. The van der Waals surface area contributed by atoms with E-state index in [1.807, 2.05) is 43.3 Å². The minimum Gasteiger partial charge on any atom is -0.489 e. The summed E-state index contributed by atoms with van der Waals surface area (Å²) in [6.07, 6.45) is 1.58. The number of fused-ring (bicyclic) bond motifs is 1. The van der Waals surface area contributed by atoms with Crippen molar-refractivity contribution in [3.63, 3.8) is 0 Å². The average molecular weight is 411 g/mol. The largest absolute Gasteiger partial charge is 0.489 e. The molecule has 3 aromatic rings. The minimum absolute atomic E-state index is 0.188. The van der Waals surface area contributed by atoms with Crippen molar-refractivity contribution in [1.82, 2.24) is 0 Å². The Kier molecular flexibility index (Phi) is 5.12. The zero-order chi connectivity index (χ0) is 19.7. The van der Waals surface area contributed by atoms with Gasteiger partial charge < -0.3 is 9.47 Å². The molecule has 0 amide bonds. The molecule has 0 spiro atoms. The summed E-state index contributed by atoms with van der Waals surface area (Å²) in [6.45, 7) is 2.30. The number of hydrogen-bond acceptors (Lipinski definition) is 3. The first kappa shape index (κ1) is 18.6. The molecule has 4 rings (SSSR count). The second-order valence-corrected chi connectivity index (χ2v) is 7.28. The molecule has 0 N–H and O–H groups in total. The number of rotatable bonds is 4. The van der Waals surface area contributed by atoms with E-state index in [4.69, 9.17) is 32.7 Å². The maximum Gasteiger partial charge on any atom is 0.232 e. The molecule has 5 heteroatoms. The van der Waals surface area contributed by atoms with E-state index >= 15 is 0 Å². The second-order valence-electron chi connectivity index (χ2n) is 6.46. The molecule has 0 radical (unpaired) electrons. The Labute approximate surface area is 173 Å². The molecule has 0 aromatic heterocycles. The van der Waals surface area contributed by atoms with Gasteiger partial charge in [0.25, 0.3) is 0 Å². The third-order valence-corrected chi connectivity index (χ3v) is 5.13. The quantitative estimate of drug-likeness (QED) is 0.460. The number of aryl methyl sites for hydroxylation is 1. The second kappa shape index (κ2) is 7.70. The first-order chi connectivity index (χ1) is 13.5. The van der Waals surface area contributed by atoms with Crippen LogP contribution in [0.2, 0.25) is 10.0 Å². The smallest absolute Gasteiger partial charge is 0.232 e. The lowest BCUT2D eigenvalue weighted by Crippen LogP contribution is -2.00. The number of carbonyl (C=O) groups is 1. The molecule has 3 aromatic carbocycles. The molecule has 1 aliphatic heterocycles. The summed E-state index contributed by atoms with van der Waals surface area (Å²) in [5.74, 6) is 1.11. The number of halogens is 2. The van der Waals surface area contributed by atoms with Crippen LogP contribution in [-0.4, -0.2) is 5.78 Å². The third-order valence-electron chi connectivity index (χ3n) is 4.47. The Morgan fingerprint density at radius 3 is 2.43 bits per heavy atom. The Bertz CT molecular complexity index is 1070. The van der Waals surface area contributed by atoms with Crippen molar-refractivity contribution in [3.8, 4) is 11.5 Å². The predicted octanol–water partition coefficient (Wildman–Crippen LogP) is 6.50. The number of allylic oxidation sites excluding steroid dienone is 1. The van der Waals surface area contributed by atoms with Crippen LogP contribution in [-0.2, 0) is 6.61 Å². The third kappa shape index (κ3) is 3.64. The molecule has 0 unspecified atom stereocenters. The molecule has 0 fully saturated rings. The van der Waals surface area contributed by atoms with E-state index in [1.165, 1.54) is 0 Å². The fourth-order valence-corrected chi connectivity index (χ4v) is 3.59. The SMILES string of the molecule is Cc1cc(OCc2ccccc2)cc2c1C(=O)/C(=C/c1c(Cl)cccc1Cl)O2. The van der Waals surface area contributed by atoms with Gasteiger partial charge in [-0.1, -0.05) is 59.6 Å². The van der Waals surface area contributed by atoms with Crippen molar-refractivity contribution in [2.24, 2.45) is 0 Å². The first-order valence-electron chi connectivity index (χ1n) is 8.72. The highest BCUT2D eigenvalue weighted by Crippen LogP contribution is 2.38. The first-order valence-corrected chi connectivity index (χ1v) is 9.48. The van der Waals surface area contributed by atoms with Gasteiger partial charge in [-0.05, 0) is 42.3 Å². The summed E-state index contributed by atoms with van der Waals surface area (Å²) in [4.78, 5) is 12.8. The Hall–Kier alpha value is -2.75. The van der Waals surface area contributed by atoms with E-state index in [1.54, 1.807) is 30.3 Å². The van der Waals surface area contributed by atoms with Gasteiger partial charge in [0.2, 0.25) is 5.78 Å². The van der Waals surface area contributed by atoms with Crippen molar-refractivity contribution < 1.29 is 14.3 Å². The molecule has 0 atom stereocenters. The van der Waals surface area contributed by atoms with Crippen LogP contribution in [0.5, 0.6) is 11.5 Å². The predicted molar refractivity (Wildman–Crippen MR) is 111 cm³/mol. The summed E-state index contributed by atoms with van der Waals surface area (Å²) in [5, 5.41) is 0.909. The van der Waals surface area contributed by atoms with Crippen molar-refractivity contribution in [3.05, 3.63) is 98.7 Å². The van der Waals surface area contributed by atoms with E-state index in [9.17, 15) is 4.79 Å². The van der Waals surface area contributed by atoms with Crippen LogP contribution < -0.4 is 9.47 Å². The minimum atomic E-state index is -0.196. The summed E-state index contributed by atoms with van der Waals surface area (Å²) >= 11 is 12.4. The monoisotopic (exact) mass is 410 g/mol. The molecule has 3 nitrogen and oxygen atoms in total. The molecule has 0 bridgehead atoms. The van der Waals surface area contributed by atoms with Crippen molar-refractivity contribution >= 4 is 35.1 Å². The van der Waals surface area contributed by atoms with Gasteiger partial charge in [0.05, 0.1) is 5.56 Å². The molecule has 0 saturated heterocycles. The van der Waals surface area contributed by atoms with Crippen LogP contribution in [0.4, 0.5) is 0 Å². The van der Waals surface area contributed by atoms with E-state index in [0.717, 1.165) is 11.1 Å². The van der Waals surface area contributed by atoms with Crippen LogP contribution in [0.25, 0.3) is 6.08 Å². The summed E-state index contributed by atoms with van der Waals surface area (Å²) in [7, 11) is 0. The number of benzene rings is 3. The lowest BCUT2D eigenvalue weighted by Gasteiger charge is -2.09. The maximum atomic E-state index is 12.8. The molecule has 140 valence electrons. The lowest BCUT2D eigenvalue weighted by atomic mass is 10.0. The van der Waals surface area contributed by atoms with E-state index in [-0.39, 0.29) is 11.5 Å². The van der Waals surface area contributed by atoms with Gasteiger partial charge in [-0.15, -0.1) is 0 Å². The number of hydrogen-bond donors (Lipinski definition) is 0. The van der Waals surface area contributed by atoms with Gasteiger partial charge in [0.15, 0.2) is 5.76 Å². The Balaban J connectivity index is 1.62. The molecule has 0 saturated carbocycles. The average Bonchev–Trinajstić information content (AvgIpc) is 3.00. The van der Waals surface area contributed by atoms with Crippen LogP contribution in [0.3, 0.4) is 0 Å². The van der Waals surface area contributed by atoms with Gasteiger partial charge in [-0.25, -0.2) is 0 Å². The number of ether oxygens (including phenoxy) is 2. The van der Waals surface area contributed by atoms with Crippen LogP contribution in [0, 0.1) is 6.92 Å². The van der Waals surface area contributed by atoms with Gasteiger partial charge in [-0.2, -0.15) is 0 Å². The highest BCUT2D eigenvalue weighted by molar-refractivity contribution is 6.37. The lowest BCUT2D eigenvalue weighted by molar-refractivity contribution is 0.101. The summed E-state index contributed by atoms with van der Waals surface area (Å²) in [5.41, 5.74) is 2.94. The number of carbonyl (C=O) groups excluding carboxylic acids is 1. The van der Waals surface area contributed by atoms with E-state index < -0.39 is 0 Å². The fraction of sp³-hybridized carbons (Fsp3) is 0.0870. The topological polar surface area (TPSA) is 35.5 Å². The van der Waals surface area contributed by atoms with Crippen molar-refractivity contribution in [2.45, 2.75) is 13.5 Å². The van der Waals surface area contributed by atoms with Gasteiger partial charge in [-0.3, -0.25) is 4.79 Å². The highest BCUT2D eigenvalue weighted by atomic mass is 35.5. The van der Waals surface area contributed by atoms with E-state index in [0.29, 0.717) is 39.3 Å². The molecule has 28 heavy (non-hydrogen) atoms. The van der Waals surface area contributed by atoms with Crippen LogP contribution >= 0.6 is 23.2 Å². The molecule has 1 aliphatic rings. The molecular formula is C23H16Cl2O3. The van der Waals surface area contributed by atoms with Crippen molar-refractivity contribution in [2.75, 3.05) is 0 Å². The summed E-state index contributed by atoms with van der Waals surface area (Å²) in [6, 6.07) is 18.6. The maximum absolute atomic E-state index is 12.8. The summed E-state index contributed by atoms with van der Waals surface area (Å²) < 4.78 is 11.7. The Morgan fingerprint density at radius 1 is 1.00 bits per heavy atom. The van der Waals surface area contributed by atoms with Crippen LogP contribution in [0.1, 0.15) is 27.0 Å². The normalized spacial score (nSPS) is 14.1. The van der Waals surface area contributed by atoms with E-state index in [2.05, 4.69) is 0 Å². The highest BCUT2D eigenvalue weighted by Gasteiger charge is 2.30. The van der Waals surface area contributed by atoms with Gasteiger partial charge in [0, 0.05) is 21.7 Å². The zero-order valence-corrected chi connectivity index (χ0v) is 16.6. The molecule has 1 heterocycles. The molecule has 0 aliphatic carbocycles. The fourth-order valence-electron chi connectivity index (χ4n) is 3.08. The van der Waals surface area contributed by atoms with Crippen LogP contribution in [0.15, 0.2) is 66.4 Å². The van der Waals surface area contributed by atoms with Crippen molar-refractivity contribution in [1.29, 1.82) is 0 Å².